The van der Waals surface area contributed by atoms with Crippen LogP contribution >= 0.6 is 11.6 Å². The third kappa shape index (κ3) is 3.81. The van der Waals surface area contributed by atoms with Crippen LogP contribution in [0.1, 0.15) is 15.9 Å². The van der Waals surface area contributed by atoms with Crippen molar-refractivity contribution in [2.75, 3.05) is 5.32 Å². The van der Waals surface area contributed by atoms with Gasteiger partial charge in [-0.15, -0.1) is 0 Å². The van der Waals surface area contributed by atoms with Gasteiger partial charge in [-0.05, 0) is 30.3 Å². The van der Waals surface area contributed by atoms with E-state index in [9.17, 15) is 18.4 Å². The fraction of sp³-hybridized carbons (Fsp3) is 0.0526. The van der Waals surface area contributed by atoms with E-state index in [1.165, 1.54) is 59.3 Å². The number of nitrogens with one attached hydrogen (secondary N) is 1. The van der Waals surface area contributed by atoms with Crippen molar-refractivity contribution in [3.63, 3.8) is 0 Å². The van der Waals surface area contributed by atoms with E-state index in [0.717, 1.165) is 0 Å². The quantitative estimate of drug-likeness (QED) is 0.748. The van der Waals surface area contributed by atoms with Gasteiger partial charge in [0.25, 0.3) is 11.5 Å². The Kier molecular flexibility index (Phi) is 5.14. The van der Waals surface area contributed by atoms with Gasteiger partial charge in [-0.2, -0.15) is 0 Å². The fourth-order valence-electron chi connectivity index (χ4n) is 2.40. The summed E-state index contributed by atoms with van der Waals surface area (Å²) in [6.07, 6.45) is 1.28. The van der Waals surface area contributed by atoms with E-state index in [2.05, 4.69) is 5.32 Å². The smallest absolute Gasteiger partial charge is 0.257 e. The molecule has 0 radical (unpaired) electrons. The predicted octanol–water partition coefficient (Wildman–Crippen LogP) is 4.08. The van der Waals surface area contributed by atoms with Gasteiger partial charge in [-0.1, -0.05) is 29.8 Å². The molecule has 26 heavy (non-hydrogen) atoms. The lowest BCUT2D eigenvalue weighted by molar-refractivity contribution is 0.102. The lowest BCUT2D eigenvalue weighted by Gasteiger charge is -2.11. The van der Waals surface area contributed by atoms with Crippen LogP contribution in [0.15, 0.2) is 65.6 Å². The number of carbonyl (C=O) groups excluding carboxylic acids is 1. The molecule has 3 rings (SSSR count). The van der Waals surface area contributed by atoms with Crippen molar-refractivity contribution in [3.05, 3.63) is 98.9 Å². The van der Waals surface area contributed by atoms with Crippen LogP contribution in [0.5, 0.6) is 0 Å². The molecular formula is C19H13ClF2N2O2. The average Bonchev–Trinajstić information content (AvgIpc) is 2.61. The van der Waals surface area contributed by atoms with Crippen LogP contribution in [0.3, 0.4) is 0 Å². The first-order valence-electron chi connectivity index (χ1n) is 7.65. The average molecular weight is 375 g/mol. The topological polar surface area (TPSA) is 51.1 Å². The molecule has 7 heteroatoms. The third-order valence-electron chi connectivity index (χ3n) is 3.76. The van der Waals surface area contributed by atoms with Crippen molar-refractivity contribution in [2.24, 2.45) is 0 Å². The summed E-state index contributed by atoms with van der Waals surface area (Å²) >= 11 is 5.98. The normalized spacial score (nSPS) is 10.6. The highest BCUT2D eigenvalue weighted by Gasteiger charge is 2.13. The summed E-state index contributed by atoms with van der Waals surface area (Å²) in [6, 6.07) is 12.4. The molecule has 0 aliphatic heterocycles. The van der Waals surface area contributed by atoms with E-state index in [1.54, 1.807) is 6.07 Å². The highest BCUT2D eigenvalue weighted by atomic mass is 35.5. The van der Waals surface area contributed by atoms with Crippen LogP contribution < -0.4 is 10.9 Å². The first-order chi connectivity index (χ1) is 12.5. The zero-order chi connectivity index (χ0) is 18.7. The van der Waals surface area contributed by atoms with Gasteiger partial charge in [0.05, 0.1) is 17.8 Å². The van der Waals surface area contributed by atoms with Crippen LogP contribution in [0.2, 0.25) is 5.02 Å². The lowest BCUT2D eigenvalue weighted by Crippen LogP contribution is -2.23. The second-order valence-corrected chi connectivity index (χ2v) is 5.93. The summed E-state index contributed by atoms with van der Waals surface area (Å²) in [5.74, 6) is -1.72. The highest BCUT2D eigenvalue weighted by Crippen LogP contribution is 2.20. The number of halogens is 3. The number of amides is 1. The number of hydrogen-bond donors (Lipinski definition) is 1. The van der Waals surface area contributed by atoms with Gasteiger partial charge in [0.1, 0.15) is 11.6 Å². The van der Waals surface area contributed by atoms with Crippen LogP contribution in [0.25, 0.3) is 0 Å². The maximum absolute atomic E-state index is 13.9. The number of carbonyl (C=O) groups is 1. The Morgan fingerprint density at radius 2 is 1.73 bits per heavy atom. The minimum Gasteiger partial charge on any atom is -0.319 e. The molecule has 0 bridgehead atoms. The van der Waals surface area contributed by atoms with Crippen LogP contribution in [0, 0.1) is 11.6 Å². The Morgan fingerprint density at radius 1 is 1.00 bits per heavy atom. The Bertz CT molecular complexity index is 1010. The molecule has 2 aromatic carbocycles. The Labute approximate surface area is 152 Å². The van der Waals surface area contributed by atoms with E-state index in [1.807, 2.05) is 0 Å². The number of hydrogen-bond acceptors (Lipinski definition) is 2. The Morgan fingerprint density at radius 3 is 2.46 bits per heavy atom. The van der Waals surface area contributed by atoms with Gasteiger partial charge in [0, 0.05) is 22.8 Å². The van der Waals surface area contributed by atoms with Crippen molar-refractivity contribution >= 4 is 23.2 Å². The summed E-state index contributed by atoms with van der Waals surface area (Å²) in [4.78, 5) is 24.4. The zero-order valence-electron chi connectivity index (χ0n) is 13.4. The monoisotopic (exact) mass is 374 g/mol. The zero-order valence-corrected chi connectivity index (χ0v) is 14.1. The molecule has 0 unspecified atom stereocenters. The van der Waals surface area contributed by atoms with Gasteiger partial charge in [0.15, 0.2) is 0 Å². The highest BCUT2D eigenvalue weighted by molar-refractivity contribution is 6.31. The van der Waals surface area contributed by atoms with Crippen molar-refractivity contribution in [3.8, 4) is 0 Å². The molecule has 0 spiro atoms. The van der Waals surface area contributed by atoms with E-state index in [0.29, 0.717) is 0 Å². The van der Waals surface area contributed by atoms with Gasteiger partial charge in [-0.25, -0.2) is 8.78 Å². The van der Waals surface area contributed by atoms with Gasteiger partial charge in [-0.3, -0.25) is 9.59 Å². The second kappa shape index (κ2) is 7.49. The second-order valence-electron chi connectivity index (χ2n) is 5.52. The molecular weight excluding hydrogens is 362 g/mol. The van der Waals surface area contributed by atoms with Crippen LogP contribution in [0.4, 0.5) is 14.5 Å². The van der Waals surface area contributed by atoms with E-state index < -0.39 is 23.1 Å². The number of anilines is 1. The van der Waals surface area contributed by atoms with E-state index >= 15 is 0 Å². The summed E-state index contributed by atoms with van der Waals surface area (Å²) in [6.45, 7) is -0.134. The molecule has 1 amide bonds. The van der Waals surface area contributed by atoms with Gasteiger partial charge < -0.3 is 9.88 Å². The SMILES string of the molecule is O=C(Nc1ccccc1F)c1ccc(=O)n(Cc2c(F)cccc2Cl)c1. The third-order valence-corrected chi connectivity index (χ3v) is 4.11. The van der Waals surface area contributed by atoms with Crippen molar-refractivity contribution in [2.45, 2.75) is 6.54 Å². The number of pyridine rings is 1. The van der Waals surface area contributed by atoms with Crippen molar-refractivity contribution in [1.82, 2.24) is 4.57 Å². The molecule has 0 saturated heterocycles. The van der Waals surface area contributed by atoms with Crippen molar-refractivity contribution in [1.29, 1.82) is 0 Å². The van der Waals surface area contributed by atoms with E-state index in [-0.39, 0.29) is 28.4 Å². The molecule has 0 aliphatic carbocycles. The first-order valence-corrected chi connectivity index (χ1v) is 8.03. The molecule has 1 heterocycles. The maximum atomic E-state index is 13.9. The summed E-state index contributed by atoms with van der Waals surface area (Å²) in [5.41, 5.74) is -0.137. The largest absolute Gasteiger partial charge is 0.319 e. The molecule has 132 valence electrons. The predicted molar refractivity (Wildman–Crippen MR) is 95.6 cm³/mol. The molecule has 1 aromatic heterocycles. The summed E-state index contributed by atoms with van der Waals surface area (Å²) in [7, 11) is 0. The number of nitrogens with zero attached hydrogens (tertiary/aromatic N) is 1. The molecule has 0 atom stereocenters. The molecule has 1 N–H and O–H groups in total. The van der Waals surface area contributed by atoms with Crippen molar-refractivity contribution < 1.29 is 13.6 Å². The van der Waals surface area contributed by atoms with Crippen LogP contribution in [-0.2, 0) is 6.54 Å². The molecule has 0 fully saturated rings. The number of benzene rings is 2. The maximum Gasteiger partial charge on any atom is 0.257 e. The Balaban J connectivity index is 1.89. The molecule has 4 nitrogen and oxygen atoms in total. The number of para-hydroxylation sites is 1. The molecule has 0 saturated carbocycles. The lowest BCUT2D eigenvalue weighted by atomic mass is 10.2. The Hall–Kier alpha value is -2.99. The minimum atomic E-state index is -0.594. The van der Waals surface area contributed by atoms with Gasteiger partial charge >= 0.3 is 0 Å². The first kappa shape index (κ1) is 17.8. The summed E-state index contributed by atoms with van der Waals surface area (Å²) < 4.78 is 28.8. The number of rotatable bonds is 4. The molecule has 3 aromatic rings. The molecule has 0 aliphatic rings. The fourth-order valence-corrected chi connectivity index (χ4v) is 2.62. The minimum absolute atomic E-state index is 0.0207. The standard InChI is InChI=1S/C19H13ClF2N2O2/c20-14-4-3-6-15(21)13(14)11-24-10-12(8-9-18(24)25)19(26)23-17-7-2-1-5-16(17)22/h1-10H,11H2,(H,23,26). The number of aromatic nitrogens is 1. The summed E-state index contributed by atoms with van der Waals surface area (Å²) in [5, 5.41) is 2.61. The van der Waals surface area contributed by atoms with E-state index in [4.69, 9.17) is 11.6 Å². The van der Waals surface area contributed by atoms with Crippen LogP contribution in [-0.4, -0.2) is 10.5 Å². The van der Waals surface area contributed by atoms with Gasteiger partial charge in [0.2, 0.25) is 0 Å².